The quantitative estimate of drug-likeness (QED) is 0.677. The standard InChI is InChI=1S/C7H11ClO4.C2H6/c1-7(2)11-4-5(12-7)3-10-6(8)9;1-2/h5H,3-4H2,1-2H3;1-2H3. The fraction of sp³-hybridized carbons (Fsp3) is 0.889. The summed E-state index contributed by atoms with van der Waals surface area (Å²) < 4.78 is 15.1. The summed E-state index contributed by atoms with van der Waals surface area (Å²) in [7, 11) is 0. The average Bonchev–Trinajstić information content (AvgIpc) is 2.46. The van der Waals surface area contributed by atoms with Crippen LogP contribution in [0.15, 0.2) is 0 Å². The zero-order valence-electron chi connectivity index (χ0n) is 9.00. The van der Waals surface area contributed by atoms with E-state index < -0.39 is 11.2 Å². The molecule has 0 N–H and O–H groups in total. The molecular formula is C9H17ClO4. The van der Waals surface area contributed by atoms with Gasteiger partial charge >= 0.3 is 5.43 Å². The maximum atomic E-state index is 10.2. The Labute approximate surface area is 89.5 Å². The van der Waals surface area contributed by atoms with Gasteiger partial charge in [0.25, 0.3) is 0 Å². The van der Waals surface area contributed by atoms with Crippen molar-refractivity contribution in [2.75, 3.05) is 13.2 Å². The lowest BCUT2D eigenvalue weighted by Gasteiger charge is -2.16. The molecule has 5 heteroatoms. The number of carbonyl (C=O) groups is 1. The molecule has 0 amide bonds. The summed E-state index contributed by atoms with van der Waals surface area (Å²) in [6.07, 6.45) is -0.206. The molecule has 0 spiro atoms. The number of carbonyl (C=O) groups excluding carboxylic acids is 1. The molecule has 0 radical (unpaired) electrons. The van der Waals surface area contributed by atoms with Gasteiger partial charge in [-0.1, -0.05) is 13.8 Å². The van der Waals surface area contributed by atoms with Crippen molar-refractivity contribution < 1.29 is 19.0 Å². The average molecular weight is 225 g/mol. The number of hydrogen-bond acceptors (Lipinski definition) is 4. The molecule has 1 heterocycles. The van der Waals surface area contributed by atoms with Crippen molar-refractivity contribution in [2.45, 2.75) is 39.6 Å². The van der Waals surface area contributed by atoms with Crippen molar-refractivity contribution >= 4 is 17.0 Å². The first-order valence-corrected chi connectivity index (χ1v) is 5.01. The van der Waals surface area contributed by atoms with Gasteiger partial charge < -0.3 is 14.2 Å². The second-order valence-electron chi connectivity index (χ2n) is 3.00. The van der Waals surface area contributed by atoms with E-state index in [9.17, 15) is 4.79 Å². The zero-order chi connectivity index (χ0) is 11.2. The van der Waals surface area contributed by atoms with Crippen LogP contribution < -0.4 is 0 Å². The Kier molecular flexibility index (Phi) is 6.08. The largest absolute Gasteiger partial charge is 0.451 e. The highest BCUT2D eigenvalue weighted by Crippen LogP contribution is 2.22. The highest BCUT2D eigenvalue weighted by atomic mass is 35.5. The molecule has 0 saturated carbocycles. The molecule has 1 atom stereocenters. The van der Waals surface area contributed by atoms with E-state index in [-0.39, 0.29) is 12.7 Å². The summed E-state index contributed by atoms with van der Waals surface area (Å²) in [4.78, 5) is 10.2. The first kappa shape index (κ1) is 13.7. The predicted octanol–water partition coefficient (Wildman–Crippen LogP) is 2.54. The van der Waals surface area contributed by atoms with Crippen LogP contribution in [-0.4, -0.2) is 30.5 Å². The van der Waals surface area contributed by atoms with Crippen molar-refractivity contribution in [3.05, 3.63) is 0 Å². The third kappa shape index (κ3) is 5.42. The number of rotatable bonds is 2. The smallest absolute Gasteiger partial charge is 0.403 e. The fourth-order valence-corrected chi connectivity index (χ4v) is 1.07. The molecule has 14 heavy (non-hydrogen) atoms. The molecular weight excluding hydrogens is 208 g/mol. The van der Waals surface area contributed by atoms with Gasteiger partial charge in [-0.3, -0.25) is 0 Å². The lowest BCUT2D eigenvalue weighted by molar-refractivity contribution is -0.142. The predicted molar refractivity (Wildman–Crippen MR) is 53.5 cm³/mol. The highest BCUT2D eigenvalue weighted by molar-refractivity contribution is 6.61. The Hall–Kier alpha value is -0.320. The van der Waals surface area contributed by atoms with Gasteiger partial charge in [0.1, 0.15) is 12.7 Å². The van der Waals surface area contributed by atoms with E-state index >= 15 is 0 Å². The van der Waals surface area contributed by atoms with Crippen molar-refractivity contribution in [1.29, 1.82) is 0 Å². The van der Waals surface area contributed by atoms with Gasteiger partial charge in [-0.05, 0) is 13.8 Å². The van der Waals surface area contributed by atoms with Gasteiger partial charge in [0.2, 0.25) is 0 Å². The fourth-order valence-electron chi connectivity index (χ4n) is 1.00. The number of halogens is 1. The summed E-state index contributed by atoms with van der Waals surface area (Å²) in [6.45, 7) is 8.17. The van der Waals surface area contributed by atoms with E-state index in [4.69, 9.17) is 21.1 Å². The van der Waals surface area contributed by atoms with E-state index in [1.165, 1.54) is 0 Å². The SMILES string of the molecule is CC.CC1(C)OCC(COC(=O)Cl)O1. The maximum Gasteiger partial charge on any atom is 0.403 e. The molecule has 0 bridgehead atoms. The van der Waals surface area contributed by atoms with Crippen molar-refractivity contribution in [1.82, 2.24) is 0 Å². The zero-order valence-corrected chi connectivity index (χ0v) is 9.76. The Bertz CT molecular complexity index is 182. The van der Waals surface area contributed by atoms with Gasteiger partial charge in [0, 0.05) is 11.6 Å². The van der Waals surface area contributed by atoms with E-state index in [2.05, 4.69) is 4.74 Å². The molecule has 0 aromatic carbocycles. The van der Waals surface area contributed by atoms with Gasteiger partial charge in [-0.25, -0.2) is 4.79 Å². The highest BCUT2D eigenvalue weighted by Gasteiger charge is 2.33. The van der Waals surface area contributed by atoms with E-state index in [1.54, 1.807) is 13.8 Å². The number of ether oxygens (including phenoxy) is 3. The third-order valence-corrected chi connectivity index (χ3v) is 1.56. The van der Waals surface area contributed by atoms with Gasteiger partial charge in [-0.15, -0.1) is 0 Å². The molecule has 0 aliphatic carbocycles. The Balaban J connectivity index is 0.000000791. The van der Waals surface area contributed by atoms with Crippen molar-refractivity contribution in [3.8, 4) is 0 Å². The summed E-state index contributed by atoms with van der Waals surface area (Å²) in [5.41, 5.74) is -0.816. The summed E-state index contributed by atoms with van der Waals surface area (Å²) in [5.74, 6) is -0.580. The topological polar surface area (TPSA) is 44.8 Å². The Morgan fingerprint density at radius 3 is 2.50 bits per heavy atom. The monoisotopic (exact) mass is 224 g/mol. The lowest BCUT2D eigenvalue weighted by Crippen LogP contribution is -2.24. The second kappa shape index (κ2) is 6.22. The molecule has 1 aliphatic heterocycles. The molecule has 1 unspecified atom stereocenters. The van der Waals surface area contributed by atoms with E-state index in [1.807, 2.05) is 13.8 Å². The summed E-state index contributed by atoms with van der Waals surface area (Å²) in [6, 6.07) is 0. The normalized spacial score (nSPS) is 23.6. The van der Waals surface area contributed by atoms with E-state index in [0.717, 1.165) is 0 Å². The van der Waals surface area contributed by atoms with Crippen molar-refractivity contribution in [2.24, 2.45) is 0 Å². The van der Waals surface area contributed by atoms with Crippen LogP contribution in [0.4, 0.5) is 4.79 Å². The van der Waals surface area contributed by atoms with E-state index in [0.29, 0.717) is 6.61 Å². The maximum absolute atomic E-state index is 10.2. The summed E-state index contributed by atoms with van der Waals surface area (Å²) >= 11 is 4.97. The minimum absolute atomic E-state index is 0.145. The molecule has 0 aromatic rings. The molecule has 4 nitrogen and oxygen atoms in total. The molecule has 84 valence electrons. The van der Waals surface area contributed by atoms with Crippen LogP contribution in [0.5, 0.6) is 0 Å². The minimum atomic E-state index is -0.816. The second-order valence-corrected chi connectivity index (χ2v) is 3.31. The summed E-state index contributed by atoms with van der Waals surface area (Å²) in [5, 5.41) is 0. The Morgan fingerprint density at radius 1 is 1.57 bits per heavy atom. The van der Waals surface area contributed by atoms with Crippen LogP contribution in [0.25, 0.3) is 0 Å². The van der Waals surface area contributed by atoms with Crippen LogP contribution in [0.1, 0.15) is 27.7 Å². The van der Waals surface area contributed by atoms with Gasteiger partial charge in [0.05, 0.1) is 6.61 Å². The molecule has 1 rings (SSSR count). The minimum Gasteiger partial charge on any atom is -0.451 e. The van der Waals surface area contributed by atoms with Crippen LogP contribution in [0.2, 0.25) is 0 Å². The molecule has 1 fully saturated rings. The van der Waals surface area contributed by atoms with Gasteiger partial charge in [0.15, 0.2) is 5.79 Å². The first-order valence-electron chi connectivity index (χ1n) is 4.64. The van der Waals surface area contributed by atoms with Crippen LogP contribution in [-0.2, 0) is 14.2 Å². The Morgan fingerprint density at radius 2 is 2.14 bits per heavy atom. The van der Waals surface area contributed by atoms with Crippen LogP contribution in [0.3, 0.4) is 0 Å². The molecule has 1 aliphatic rings. The van der Waals surface area contributed by atoms with Crippen molar-refractivity contribution in [3.63, 3.8) is 0 Å². The lowest BCUT2D eigenvalue weighted by atomic mass is 10.4. The third-order valence-electron chi connectivity index (χ3n) is 1.45. The van der Waals surface area contributed by atoms with Crippen LogP contribution in [0, 0.1) is 0 Å². The molecule has 1 saturated heterocycles. The van der Waals surface area contributed by atoms with Crippen LogP contribution >= 0.6 is 11.6 Å². The number of hydrogen-bond donors (Lipinski definition) is 0. The molecule has 0 aromatic heterocycles. The van der Waals surface area contributed by atoms with Gasteiger partial charge in [-0.2, -0.15) is 0 Å². The first-order chi connectivity index (χ1) is 6.49.